The number of nitrogens with one attached hydrogen (secondary N) is 1. The van der Waals surface area contributed by atoms with E-state index in [9.17, 15) is 14.7 Å². The first-order valence-electron chi connectivity index (χ1n) is 9.09. The first kappa shape index (κ1) is 20.0. The smallest absolute Gasteiger partial charge is 0.352 e. The van der Waals surface area contributed by atoms with Gasteiger partial charge in [-0.15, -0.1) is 23.1 Å². The number of fused-ring (bicyclic) bond motifs is 1. The Kier molecular flexibility index (Phi) is 5.65. The number of rotatable bonds is 6. The number of nitrogens with two attached hydrogens (primary N) is 1. The summed E-state index contributed by atoms with van der Waals surface area (Å²) in [6.45, 7) is 1.07. The summed E-state index contributed by atoms with van der Waals surface area (Å²) in [4.78, 5) is 35.3. The van der Waals surface area contributed by atoms with Gasteiger partial charge in [-0.25, -0.2) is 9.78 Å². The molecule has 4 rings (SSSR count). The first-order valence-corrected chi connectivity index (χ1v) is 11.0. The number of thiazole rings is 1. The first-order chi connectivity index (χ1) is 14.0. The highest BCUT2D eigenvalue weighted by atomic mass is 32.2. The second-order valence-electron chi connectivity index (χ2n) is 6.81. The van der Waals surface area contributed by atoms with Crippen molar-refractivity contribution in [1.82, 2.24) is 15.2 Å². The standard InChI is InChI=1S/C17H21N5O5S2/c1-26-21-12(10-7-29-17(18)20-10)14(23)19-9-5-22-13(16(24)25)8(6-28-15(9)22)11-3-2-4-27-11/h7,9,11,15H,2-6H2,1H3,(H2,18,20)(H,19,23)(H,24,25)/b21-12-. The number of hydrogen-bond acceptors (Lipinski definition) is 10. The SMILES string of the molecule is CO/N=C(\C(=O)NC1CN2C(C(=O)O)=C(C3CCCO3)CSC12)c1csc(N)n1. The number of amides is 1. The molecule has 4 heterocycles. The number of ether oxygens (including phenoxy) is 1. The predicted molar refractivity (Wildman–Crippen MR) is 109 cm³/mol. The topological polar surface area (TPSA) is 139 Å². The van der Waals surface area contributed by atoms with Crippen LogP contribution in [0.4, 0.5) is 5.13 Å². The molecule has 0 aromatic carbocycles. The summed E-state index contributed by atoms with van der Waals surface area (Å²) < 4.78 is 5.70. The van der Waals surface area contributed by atoms with Crippen molar-refractivity contribution in [1.29, 1.82) is 0 Å². The van der Waals surface area contributed by atoms with Crippen molar-refractivity contribution < 1.29 is 24.3 Å². The highest BCUT2D eigenvalue weighted by Gasteiger charge is 2.48. The Morgan fingerprint density at radius 2 is 2.34 bits per heavy atom. The normalized spacial score (nSPS) is 26.7. The maximum absolute atomic E-state index is 12.7. The van der Waals surface area contributed by atoms with Crippen molar-refractivity contribution in [2.24, 2.45) is 5.16 Å². The lowest BCUT2D eigenvalue weighted by molar-refractivity contribution is -0.135. The van der Waals surface area contributed by atoms with E-state index in [0.717, 1.165) is 18.4 Å². The summed E-state index contributed by atoms with van der Waals surface area (Å²) in [5.74, 6) is -0.820. The van der Waals surface area contributed by atoms with Crippen LogP contribution in [-0.4, -0.2) is 76.1 Å². The van der Waals surface area contributed by atoms with E-state index in [1.54, 1.807) is 17.1 Å². The molecule has 0 radical (unpaired) electrons. The summed E-state index contributed by atoms with van der Waals surface area (Å²) >= 11 is 2.81. The van der Waals surface area contributed by atoms with Crippen LogP contribution in [0.3, 0.4) is 0 Å². The van der Waals surface area contributed by atoms with Crippen LogP contribution in [0.1, 0.15) is 18.5 Å². The third-order valence-corrected chi connectivity index (χ3v) is 7.12. The molecular weight excluding hydrogens is 418 g/mol. The minimum Gasteiger partial charge on any atom is -0.477 e. The van der Waals surface area contributed by atoms with E-state index in [-0.39, 0.29) is 23.2 Å². The van der Waals surface area contributed by atoms with Crippen LogP contribution in [0.5, 0.6) is 0 Å². The van der Waals surface area contributed by atoms with Crippen LogP contribution in [0.2, 0.25) is 0 Å². The summed E-state index contributed by atoms with van der Waals surface area (Å²) in [5.41, 5.74) is 7.16. The molecule has 3 unspecified atom stereocenters. The van der Waals surface area contributed by atoms with Crippen LogP contribution in [-0.2, 0) is 19.2 Å². The molecule has 2 fully saturated rings. The number of hydrogen-bond donors (Lipinski definition) is 3. The number of carbonyl (C=O) groups excluding carboxylic acids is 1. The quantitative estimate of drug-likeness (QED) is 0.426. The number of nitrogens with zero attached hydrogens (tertiary/aromatic N) is 3. The lowest BCUT2D eigenvalue weighted by Crippen LogP contribution is -2.67. The summed E-state index contributed by atoms with van der Waals surface area (Å²) in [6.07, 6.45) is 1.66. The predicted octanol–water partition coefficient (Wildman–Crippen LogP) is 0.467. The molecule has 0 spiro atoms. The van der Waals surface area contributed by atoms with E-state index in [4.69, 9.17) is 15.3 Å². The lowest BCUT2D eigenvalue weighted by Gasteiger charge is -2.52. The van der Waals surface area contributed by atoms with Crippen molar-refractivity contribution in [2.75, 3.05) is 31.7 Å². The Morgan fingerprint density at radius 3 is 2.97 bits per heavy atom. The van der Waals surface area contributed by atoms with Gasteiger partial charge in [0.1, 0.15) is 18.5 Å². The van der Waals surface area contributed by atoms with E-state index >= 15 is 0 Å². The van der Waals surface area contributed by atoms with Gasteiger partial charge in [0.05, 0.1) is 17.5 Å². The van der Waals surface area contributed by atoms with Gasteiger partial charge in [0.2, 0.25) is 0 Å². The molecule has 1 aromatic rings. The van der Waals surface area contributed by atoms with Crippen LogP contribution in [0.25, 0.3) is 0 Å². The molecule has 3 atom stereocenters. The number of carboxylic acids is 1. The van der Waals surface area contributed by atoms with Crippen molar-refractivity contribution in [2.45, 2.75) is 30.4 Å². The molecule has 3 aliphatic rings. The van der Waals surface area contributed by atoms with Gasteiger partial charge in [0.15, 0.2) is 10.8 Å². The summed E-state index contributed by atoms with van der Waals surface area (Å²) in [5, 5.41) is 18.3. The zero-order valence-corrected chi connectivity index (χ0v) is 17.3. The molecule has 3 aliphatic heterocycles. The second kappa shape index (κ2) is 8.20. The molecule has 4 N–H and O–H groups in total. The highest BCUT2D eigenvalue weighted by molar-refractivity contribution is 8.00. The Hall–Kier alpha value is -2.31. The summed E-state index contributed by atoms with van der Waals surface area (Å²) in [6, 6.07) is -0.217. The van der Waals surface area contributed by atoms with Gasteiger partial charge in [-0.05, 0) is 18.4 Å². The minimum atomic E-state index is -0.954. The van der Waals surface area contributed by atoms with Crippen LogP contribution in [0.15, 0.2) is 21.8 Å². The molecule has 29 heavy (non-hydrogen) atoms. The fourth-order valence-electron chi connectivity index (χ4n) is 3.74. The summed E-state index contributed by atoms with van der Waals surface area (Å²) in [7, 11) is 1.35. The van der Waals surface area contributed by atoms with Gasteiger partial charge in [-0.1, -0.05) is 5.16 Å². The van der Waals surface area contributed by atoms with Gasteiger partial charge >= 0.3 is 5.97 Å². The van der Waals surface area contributed by atoms with Gasteiger partial charge < -0.3 is 30.6 Å². The number of carbonyl (C=O) groups is 2. The fourth-order valence-corrected chi connectivity index (χ4v) is 5.72. The molecule has 10 nitrogen and oxygen atoms in total. The average molecular weight is 440 g/mol. The number of anilines is 1. The van der Waals surface area contributed by atoms with Crippen LogP contribution >= 0.6 is 23.1 Å². The number of oxime groups is 1. The van der Waals surface area contributed by atoms with Crippen molar-refractivity contribution in [3.63, 3.8) is 0 Å². The van der Waals surface area contributed by atoms with E-state index in [0.29, 0.717) is 35.4 Å². The van der Waals surface area contributed by atoms with E-state index in [1.165, 1.54) is 18.4 Å². The zero-order chi connectivity index (χ0) is 20.5. The van der Waals surface area contributed by atoms with Crippen molar-refractivity contribution in [3.8, 4) is 0 Å². The third-order valence-electron chi connectivity index (χ3n) is 5.05. The molecular formula is C17H21N5O5S2. The lowest BCUT2D eigenvalue weighted by atomic mass is 10.00. The van der Waals surface area contributed by atoms with E-state index < -0.39 is 11.9 Å². The fraction of sp³-hybridized carbons (Fsp3) is 0.529. The van der Waals surface area contributed by atoms with Gasteiger partial charge in [0, 0.05) is 24.3 Å². The third kappa shape index (κ3) is 3.79. The van der Waals surface area contributed by atoms with Gasteiger partial charge in [-0.3, -0.25) is 4.79 Å². The molecule has 12 heteroatoms. The maximum Gasteiger partial charge on any atom is 0.352 e. The number of thioether (sulfide) groups is 1. The average Bonchev–Trinajstić information content (AvgIpc) is 3.35. The largest absolute Gasteiger partial charge is 0.477 e. The minimum absolute atomic E-state index is 0.0359. The Bertz CT molecular complexity index is 879. The van der Waals surface area contributed by atoms with Crippen LogP contribution in [0, 0.1) is 0 Å². The van der Waals surface area contributed by atoms with Gasteiger partial charge in [-0.2, -0.15) is 0 Å². The molecule has 0 aliphatic carbocycles. The van der Waals surface area contributed by atoms with E-state index in [2.05, 4.69) is 15.5 Å². The molecule has 0 saturated carbocycles. The Labute approximate surface area is 175 Å². The molecule has 2 saturated heterocycles. The van der Waals surface area contributed by atoms with Crippen molar-refractivity contribution in [3.05, 3.63) is 22.3 Å². The van der Waals surface area contributed by atoms with Crippen molar-refractivity contribution >= 4 is 45.8 Å². The number of aromatic nitrogens is 1. The molecule has 0 bridgehead atoms. The Balaban J connectivity index is 1.47. The van der Waals surface area contributed by atoms with Crippen LogP contribution < -0.4 is 11.1 Å². The Morgan fingerprint density at radius 1 is 1.52 bits per heavy atom. The highest BCUT2D eigenvalue weighted by Crippen LogP contribution is 2.42. The molecule has 156 valence electrons. The van der Waals surface area contributed by atoms with E-state index in [1.807, 2.05) is 4.90 Å². The maximum atomic E-state index is 12.7. The number of nitrogen functional groups attached to an aromatic ring is 1. The van der Waals surface area contributed by atoms with Gasteiger partial charge in [0.25, 0.3) is 5.91 Å². The molecule has 1 amide bonds. The molecule has 1 aromatic heterocycles. The number of carboxylic acid groups (broad SMARTS) is 1. The second-order valence-corrected chi connectivity index (χ2v) is 8.80. The number of aliphatic carboxylic acids is 1. The zero-order valence-electron chi connectivity index (χ0n) is 15.7. The monoisotopic (exact) mass is 439 g/mol.